The lowest BCUT2D eigenvalue weighted by Gasteiger charge is -2.18. The lowest BCUT2D eigenvalue weighted by Crippen LogP contribution is -2.32. The number of hydrogen-bond acceptors (Lipinski definition) is 8. The number of rotatable bonds is 8. The van der Waals surface area contributed by atoms with Gasteiger partial charge in [-0.25, -0.2) is 21.1 Å². The van der Waals surface area contributed by atoms with E-state index in [2.05, 4.69) is 9.46 Å². The fourth-order valence-corrected chi connectivity index (χ4v) is 5.00. The standard InChI is InChI=1S/C15H20N2O8S2/c1-3-24-12-6-5-11(17-14(18)7-8-26(17,20)21)9-13(12)27(22,23)16-10-15(19)25-4-2/h5-6,9,16H,3-4,7-8,10H2,1-2H3. The van der Waals surface area contributed by atoms with Gasteiger partial charge in [-0.3, -0.25) is 9.59 Å². The summed E-state index contributed by atoms with van der Waals surface area (Å²) in [5.41, 5.74) is -0.113. The average molecular weight is 420 g/mol. The maximum Gasteiger partial charge on any atom is 0.321 e. The maximum absolute atomic E-state index is 12.6. The van der Waals surface area contributed by atoms with E-state index in [0.717, 1.165) is 6.07 Å². The molecule has 1 heterocycles. The number of nitrogens with one attached hydrogen (secondary N) is 1. The van der Waals surface area contributed by atoms with Crippen molar-refractivity contribution in [3.05, 3.63) is 18.2 Å². The zero-order chi connectivity index (χ0) is 20.2. The van der Waals surface area contributed by atoms with Crippen molar-refractivity contribution in [1.29, 1.82) is 0 Å². The molecule has 27 heavy (non-hydrogen) atoms. The summed E-state index contributed by atoms with van der Waals surface area (Å²) in [7, 11) is -8.10. The third-order valence-electron chi connectivity index (χ3n) is 3.54. The molecule has 1 aromatic rings. The molecule has 0 aromatic heterocycles. The number of ether oxygens (including phenoxy) is 2. The van der Waals surface area contributed by atoms with Gasteiger partial charge in [0.15, 0.2) is 0 Å². The maximum atomic E-state index is 12.6. The number of carbonyl (C=O) groups is 2. The molecule has 0 atom stereocenters. The molecule has 1 N–H and O–H groups in total. The molecule has 0 aliphatic carbocycles. The summed E-state index contributed by atoms with van der Waals surface area (Å²) in [5, 5.41) is 0. The minimum absolute atomic E-state index is 0.0401. The first-order valence-corrected chi connectivity index (χ1v) is 11.2. The molecule has 0 saturated carbocycles. The van der Waals surface area contributed by atoms with Crippen LogP contribution in [0.4, 0.5) is 5.69 Å². The predicted molar refractivity (Wildman–Crippen MR) is 95.3 cm³/mol. The zero-order valence-corrected chi connectivity index (χ0v) is 16.4. The molecule has 1 aliphatic heterocycles. The second kappa shape index (κ2) is 8.23. The molecule has 0 bridgehead atoms. The summed E-state index contributed by atoms with van der Waals surface area (Å²) >= 11 is 0. The Morgan fingerprint density at radius 2 is 1.96 bits per heavy atom. The SMILES string of the molecule is CCOC(=O)CNS(=O)(=O)c1cc(N2C(=O)CCS2(=O)=O)ccc1OCC. The van der Waals surface area contributed by atoms with E-state index < -0.39 is 38.5 Å². The van der Waals surface area contributed by atoms with E-state index in [1.165, 1.54) is 12.1 Å². The number of sulfonamides is 2. The number of nitrogens with zero attached hydrogens (tertiary/aromatic N) is 1. The molecule has 1 fully saturated rings. The van der Waals surface area contributed by atoms with E-state index in [-0.39, 0.29) is 41.7 Å². The van der Waals surface area contributed by atoms with Crippen LogP contribution in [0.3, 0.4) is 0 Å². The summed E-state index contributed by atoms with van der Waals surface area (Å²) in [6.07, 6.45) is -0.182. The Balaban J connectivity index is 2.44. The minimum Gasteiger partial charge on any atom is -0.492 e. The molecular formula is C15H20N2O8S2. The molecule has 2 rings (SSSR count). The lowest BCUT2D eigenvalue weighted by atomic mass is 10.3. The summed E-state index contributed by atoms with van der Waals surface area (Å²) < 4.78 is 62.0. The normalized spacial score (nSPS) is 16.4. The second-order valence-electron chi connectivity index (χ2n) is 5.42. The van der Waals surface area contributed by atoms with Gasteiger partial charge in [-0.15, -0.1) is 0 Å². The van der Waals surface area contributed by atoms with Gasteiger partial charge in [-0.05, 0) is 32.0 Å². The fraction of sp³-hybridized carbons (Fsp3) is 0.467. The first-order chi connectivity index (χ1) is 12.6. The van der Waals surface area contributed by atoms with Gasteiger partial charge in [0.25, 0.3) is 0 Å². The zero-order valence-electron chi connectivity index (χ0n) is 14.8. The van der Waals surface area contributed by atoms with E-state index in [1.807, 2.05) is 0 Å². The highest BCUT2D eigenvalue weighted by atomic mass is 32.2. The van der Waals surface area contributed by atoms with Crippen molar-refractivity contribution in [1.82, 2.24) is 4.72 Å². The largest absolute Gasteiger partial charge is 0.492 e. The van der Waals surface area contributed by atoms with Gasteiger partial charge in [0.05, 0.1) is 24.7 Å². The Kier molecular flexibility index (Phi) is 6.44. The topological polar surface area (TPSA) is 136 Å². The minimum atomic E-state index is -4.24. The summed E-state index contributed by atoms with van der Waals surface area (Å²) in [6, 6.07) is 3.58. The van der Waals surface area contributed by atoms with Gasteiger partial charge in [0.1, 0.15) is 17.2 Å². The average Bonchev–Trinajstić information content (AvgIpc) is 2.87. The molecular weight excluding hydrogens is 400 g/mol. The van der Waals surface area contributed by atoms with Crippen LogP contribution in [0.5, 0.6) is 5.75 Å². The smallest absolute Gasteiger partial charge is 0.321 e. The van der Waals surface area contributed by atoms with Crippen LogP contribution < -0.4 is 13.8 Å². The van der Waals surface area contributed by atoms with Crippen molar-refractivity contribution in [2.75, 3.05) is 29.8 Å². The Labute approximate surface area is 157 Å². The molecule has 0 spiro atoms. The Bertz CT molecular complexity index is 941. The number of benzene rings is 1. The van der Waals surface area contributed by atoms with Crippen LogP contribution in [0.1, 0.15) is 20.3 Å². The monoisotopic (exact) mass is 420 g/mol. The number of amides is 1. The van der Waals surface area contributed by atoms with E-state index >= 15 is 0 Å². The molecule has 10 nitrogen and oxygen atoms in total. The Morgan fingerprint density at radius 3 is 2.52 bits per heavy atom. The number of hydrogen-bond donors (Lipinski definition) is 1. The van der Waals surface area contributed by atoms with Crippen molar-refractivity contribution in [2.45, 2.75) is 25.2 Å². The highest BCUT2D eigenvalue weighted by Gasteiger charge is 2.37. The quantitative estimate of drug-likeness (QED) is 0.580. The Hall–Kier alpha value is -2.18. The number of esters is 1. The van der Waals surface area contributed by atoms with E-state index in [9.17, 15) is 26.4 Å². The van der Waals surface area contributed by atoms with Crippen LogP contribution in [0.2, 0.25) is 0 Å². The van der Waals surface area contributed by atoms with Crippen molar-refractivity contribution in [2.24, 2.45) is 0 Å². The van der Waals surface area contributed by atoms with E-state index in [0.29, 0.717) is 4.31 Å². The highest BCUT2D eigenvalue weighted by molar-refractivity contribution is 7.94. The predicted octanol–water partition coefficient (Wildman–Crippen LogP) is -0.00680. The molecule has 1 aliphatic rings. The molecule has 150 valence electrons. The second-order valence-corrected chi connectivity index (χ2v) is 9.09. The van der Waals surface area contributed by atoms with E-state index in [4.69, 9.17) is 4.74 Å². The lowest BCUT2D eigenvalue weighted by molar-refractivity contribution is -0.141. The number of carbonyl (C=O) groups excluding carboxylic acids is 2. The van der Waals surface area contributed by atoms with Crippen LogP contribution in [0.25, 0.3) is 0 Å². The van der Waals surface area contributed by atoms with Gasteiger partial charge in [-0.1, -0.05) is 0 Å². The van der Waals surface area contributed by atoms with Crippen LogP contribution in [0.15, 0.2) is 23.1 Å². The van der Waals surface area contributed by atoms with Gasteiger partial charge in [0.2, 0.25) is 26.0 Å². The highest BCUT2D eigenvalue weighted by Crippen LogP contribution is 2.32. The molecule has 1 amide bonds. The van der Waals surface area contributed by atoms with Gasteiger partial charge in [0, 0.05) is 6.42 Å². The van der Waals surface area contributed by atoms with Gasteiger partial charge in [-0.2, -0.15) is 4.72 Å². The van der Waals surface area contributed by atoms with Crippen LogP contribution >= 0.6 is 0 Å². The van der Waals surface area contributed by atoms with E-state index in [1.54, 1.807) is 13.8 Å². The first-order valence-electron chi connectivity index (χ1n) is 8.10. The first kappa shape index (κ1) is 21.1. The van der Waals surface area contributed by atoms with Crippen LogP contribution in [-0.4, -0.2) is 54.2 Å². The summed E-state index contributed by atoms with van der Waals surface area (Å²) in [6.45, 7) is 2.87. The molecule has 0 unspecified atom stereocenters. The third kappa shape index (κ3) is 4.76. The third-order valence-corrected chi connectivity index (χ3v) is 6.65. The number of anilines is 1. The van der Waals surface area contributed by atoms with Crippen molar-refractivity contribution in [3.63, 3.8) is 0 Å². The van der Waals surface area contributed by atoms with Crippen molar-refractivity contribution < 1.29 is 35.9 Å². The molecule has 12 heteroatoms. The van der Waals surface area contributed by atoms with Gasteiger partial charge < -0.3 is 9.47 Å². The molecule has 1 aromatic carbocycles. The summed E-state index contributed by atoms with van der Waals surface area (Å²) in [4.78, 5) is 23.0. The summed E-state index contributed by atoms with van der Waals surface area (Å²) in [5.74, 6) is -1.81. The van der Waals surface area contributed by atoms with Gasteiger partial charge >= 0.3 is 5.97 Å². The van der Waals surface area contributed by atoms with Crippen molar-refractivity contribution in [3.8, 4) is 5.75 Å². The van der Waals surface area contributed by atoms with Crippen LogP contribution in [0, 0.1) is 0 Å². The fourth-order valence-electron chi connectivity index (χ4n) is 2.42. The Morgan fingerprint density at radius 1 is 1.26 bits per heavy atom. The van der Waals surface area contributed by atoms with Crippen LogP contribution in [-0.2, 0) is 34.4 Å². The molecule has 1 saturated heterocycles. The molecule has 0 radical (unpaired) electrons. The van der Waals surface area contributed by atoms with Crippen molar-refractivity contribution >= 4 is 37.6 Å².